The van der Waals surface area contributed by atoms with Crippen molar-refractivity contribution in [2.24, 2.45) is 0 Å². The lowest BCUT2D eigenvalue weighted by atomic mass is 9.99. The molecule has 1 aliphatic rings. The van der Waals surface area contributed by atoms with Crippen LogP contribution in [-0.4, -0.2) is 36.2 Å². The largest absolute Gasteiger partial charge is 0.482 e. The first-order chi connectivity index (χ1) is 7.66. The molecule has 0 aromatic heterocycles. The lowest BCUT2D eigenvalue weighted by Gasteiger charge is -2.26. The fourth-order valence-corrected chi connectivity index (χ4v) is 1.96. The lowest BCUT2D eigenvalue weighted by molar-refractivity contribution is -0.139. The van der Waals surface area contributed by atoms with E-state index in [2.05, 4.69) is 18.0 Å². The van der Waals surface area contributed by atoms with Crippen molar-refractivity contribution in [3.63, 3.8) is 0 Å². The van der Waals surface area contributed by atoms with Gasteiger partial charge >= 0.3 is 5.97 Å². The van der Waals surface area contributed by atoms with Crippen molar-refractivity contribution in [3.8, 4) is 5.75 Å². The standard InChI is InChI=1S/C12H15NO3/c1-13-6-5-9-3-2-4-11(10(9)7-13)16-8-12(14)15/h2-4H,5-8H2,1H3,(H,14,15). The van der Waals surface area contributed by atoms with E-state index in [0.29, 0.717) is 5.75 Å². The second-order valence-electron chi connectivity index (χ2n) is 4.06. The number of carboxylic acid groups (broad SMARTS) is 1. The van der Waals surface area contributed by atoms with Crippen molar-refractivity contribution < 1.29 is 14.6 Å². The molecule has 1 N–H and O–H groups in total. The molecular formula is C12H15NO3. The van der Waals surface area contributed by atoms with E-state index >= 15 is 0 Å². The molecule has 16 heavy (non-hydrogen) atoms. The van der Waals surface area contributed by atoms with Crippen molar-refractivity contribution in [1.82, 2.24) is 4.90 Å². The van der Waals surface area contributed by atoms with Crippen molar-refractivity contribution in [2.75, 3.05) is 20.2 Å². The van der Waals surface area contributed by atoms with Crippen LogP contribution in [0.1, 0.15) is 11.1 Å². The molecule has 86 valence electrons. The van der Waals surface area contributed by atoms with E-state index in [9.17, 15) is 4.79 Å². The predicted molar refractivity (Wildman–Crippen MR) is 59.6 cm³/mol. The van der Waals surface area contributed by atoms with Gasteiger partial charge in [0.05, 0.1) is 0 Å². The molecule has 0 radical (unpaired) electrons. The molecule has 4 nitrogen and oxygen atoms in total. The van der Waals surface area contributed by atoms with E-state index in [1.165, 1.54) is 5.56 Å². The van der Waals surface area contributed by atoms with Crippen LogP contribution in [-0.2, 0) is 17.8 Å². The van der Waals surface area contributed by atoms with E-state index in [0.717, 1.165) is 25.1 Å². The predicted octanol–water partition coefficient (Wildman–Crippen LogP) is 1.14. The summed E-state index contributed by atoms with van der Waals surface area (Å²) in [6.45, 7) is 1.58. The Morgan fingerprint density at radius 2 is 2.38 bits per heavy atom. The molecule has 0 saturated carbocycles. The summed E-state index contributed by atoms with van der Waals surface area (Å²) in [5.41, 5.74) is 2.39. The van der Waals surface area contributed by atoms with Crippen molar-refractivity contribution in [3.05, 3.63) is 29.3 Å². The fraction of sp³-hybridized carbons (Fsp3) is 0.417. The first-order valence-corrected chi connectivity index (χ1v) is 5.30. The van der Waals surface area contributed by atoms with Crippen LogP contribution >= 0.6 is 0 Å². The van der Waals surface area contributed by atoms with E-state index in [1.54, 1.807) is 0 Å². The van der Waals surface area contributed by atoms with Crippen molar-refractivity contribution >= 4 is 5.97 Å². The smallest absolute Gasteiger partial charge is 0.341 e. The van der Waals surface area contributed by atoms with Gasteiger partial charge in [-0.3, -0.25) is 0 Å². The van der Waals surface area contributed by atoms with E-state index < -0.39 is 5.97 Å². The van der Waals surface area contributed by atoms with E-state index in [-0.39, 0.29) is 6.61 Å². The second-order valence-corrected chi connectivity index (χ2v) is 4.06. The third-order valence-corrected chi connectivity index (χ3v) is 2.77. The minimum absolute atomic E-state index is 0.278. The van der Waals surface area contributed by atoms with Gasteiger partial charge in [0.2, 0.25) is 0 Å². The molecule has 0 aliphatic carbocycles. The summed E-state index contributed by atoms with van der Waals surface area (Å²) < 4.78 is 5.29. The van der Waals surface area contributed by atoms with Crippen LogP contribution in [0.3, 0.4) is 0 Å². The highest BCUT2D eigenvalue weighted by atomic mass is 16.5. The zero-order chi connectivity index (χ0) is 11.5. The number of hydrogen-bond donors (Lipinski definition) is 1. The summed E-state index contributed by atoms with van der Waals surface area (Å²) in [5.74, 6) is -0.242. The maximum Gasteiger partial charge on any atom is 0.341 e. The summed E-state index contributed by atoms with van der Waals surface area (Å²) in [5, 5.41) is 8.60. The zero-order valence-corrected chi connectivity index (χ0v) is 9.27. The van der Waals surface area contributed by atoms with Gasteiger partial charge in [0, 0.05) is 18.7 Å². The summed E-state index contributed by atoms with van der Waals surface area (Å²) in [6, 6.07) is 5.83. The SMILES string of the molecule is CN1CCc2cccc(OCC(=O)O)c2C1. The Hall–Kier alpha value is -1.55. The van der Waals surface area contributed by atoms with Gasteiger partial charge in [-0.1, -0.05) is 12.1 Å². The Labute approximate surface area is 94.4 Å². The van der Waals surface area contributed by atoms with Crippen LogP contribution in [0.5, 0.6) is 5.75 Å². The van der Waals surface area contributed by atoms with Gasteiger partial charge in [-0.25, -0.2) is 4.79 Å². The molecule has 0 amide bonds. The molecule has 1 aromatic carbocycles. The Morgan fingerprint density at radius 3 is 3.12 bits per heavy atom. The molecule has 1 aliphatic heterocycles. The molecule has 0 atom stereocenters. The minimum Gasteiger partial charge on any atom is -0.482 e. The minimum atomic E-state index is -0.943. The molecule has 2 rings (SSSR count). The van der Waals surface area contributed by atoms with Crippen molar-refractivity contribution in [2.45, 2.75) is 13.0 Å². The maximum absolute atomic E-state index is 10.5. The summed E-state index contributed by atoms with van der Waals surface area (Å²) in [7, 11) is 2.05. The summed E-state index contributed by atoms with van der Waals surface area (Å²) >= 11 is 0. The van der Waals surface area contributed by atoms with Gasteiger partial charge in [-0.05, 0) is 25.1 Å². The summed E-state index contributed by atoms with van der Waals surface area (Å²) in [4.78, 5) is 12.7. The average Bonchev–Trinajstić information content (AvgIpc) is 2.26. The van der Waals surface area contributed by atoms with Gasteiger partial charge in [0.25, 0.3) is 0 Å². The first kappa shape index (κ1) is 11.0. The molecule has 0 bridgehead atoms. The molecule has 4 heteroatoms. The number of carbonyl (C=O) groups is 1. The van der Waals surface area contributed by atoms with Crippen LogP contribution in [0.4, 0.5) is 0 Å². The molecule has 0 saturated heterocycles. The summed E-state index contributed by atoms with van der Waals surface area (Å²) in [6.07, 6.45) is 0.996. The molecule has 1 aromatic rings. The van der Waals surface area contributed by atoms with Crippen LogP contribution in [0.15, 0.2) is 18.2 Å². The third-order valence-electron chi connectivity index (χ3n) is 2.77. The maximum atomic E-state index is 10.5. The van der Waals surface area contributed by atoms with Gasteiger partial charge < -0.3 is 14.7 Å². The van der Waals surface area contributed by atoms with Crippen LogP contribution in [0, 0.1) is 0 Å². The normalized spacial score (nSPS) is 15.6. The average molecular weight is 221 g/mol. The highest BCUT2D eigenvalue weighted by molar-refractivity contribution is 5.68. The Kier molecular flexibility index (Phi) is 3.10. The molecule has 0 unspecified atom stereocenters. The van der Waals surface area contributed by atoms with Crippen LogP contribution in [0.25, 0.3) is 0 Å². The first-order valence-electron chi connectivity index (χ1n) is 5.30. The number of hydrogen-bond acceptors (Lipinski definition) is 3. The van der Waals surface area contributed by atoms with Crippen LogP contribution in [0.2, 0.25) is 0 Å². The van der Waals surface area contributed by atoms with E-state index in [4.69, 9.17) is 9.84 Å². The van der Waals surface area contributed by atoms with Crippen molar-refractivity contribution in [1.29, 1.82) is 0 Å². The molecule has 1 heterocycles. The highest BCUT2D eigenvalue weighted by Gasteiger charge is 2.17. The third kappa shape index (κ3) is 2.33. The fourth-order valence-electron chi connectivity index (χ4n) is 1.96. The van der Waals surface area contributed by atoms with Gasteiger partial charge in [-0.15, -0.1) is 0 Å². The number of rotatable bonds is 3. The number of fused-ring (bicyclic) bond motifs is 1. The number of benzene rings is 1. The quantitative estimate of drug-likeness (QED) is 0.831. The molecular weight excluding hydrogens is 206 g/mol. The number of carboxylic acids is 1. The Morgan fingerprint density at radius 1 is 1.56 bits per heavy atom. The monoisotopic (exact) mass is 221 g/mol. The number of aliphatic carboxylic acids is 1. The second kappa shape index (κ2) is 4.53. The highest BCUT2D eigenvalue weighted by Crippen LogP contribution is 2.27. The van der Waals surface area contributed by atoms with E-state index in [1.807, 2.05) is 12.1 Å². The molecule has 0 spiro atoms. The topological polar surface area (TPSA) is 49.8 Å². The number of likely N-dealkylation sites (N-methyl/N-ethyl adjacent to an activating group) is 1. The number of ether oxygens (including phenoxy) is 1. The Balaban J connectivity index is 2.21. The van der Waals surface area contributed by atoms with Gasteiger partial charge in [-0.2, -0.15) is 0 Å². The van der Waals surface area contributed by atoms with Gasteiger partial charge in [0.15, 0.2) is 6.61 Å². The molecule has 0 fully saturated rings. The Bertz CT molecular complexity index is 403. The van der Waals surface area contributed by atoms with Crippen LogP contribution < -0.4 is 4.74 Å². The zero-order valence-electron chi connectivity index (χ0n) is 9.27. The number of nitrogens with zero attached hydrogens (tertiary/aromatic N) is 1. The van der Waals surface area contributed by atoms with Gasteiger partial charge in [0.1, 0.15) is 5.75 Å². The lowest BCUT2D eigenvalue weighted by Crippen LogP contribution is -2.27.